The van der Waals surface area contributed by atoms with E-state index in [2.05, 4.69) is 28.9 Å². The monoisotopic (exact) mass is 530 g/mol. The van der Waals surface area contributed by atoms with E-state index in [1.165, 1.54) is 18.9 Å². The number of imidazole rings is 1. The summed E-state index contributed by atoms with van der Waals surface area (Å²) >= 11 is 1.29. The molecule has 1 N–H and O–H groups in total. The molecule has 0 unspecified atom stereocenters. The van der Waals surface area contributed by atoms with Gasteiger partial charge in [-0.1, -0.05) is 49.4 Å². The Bertz CT molecular complexity index is 1510. The highest BCUT2D eigenvalue weighted by Crippen LogP contribution is 2.29. The molecule has 3 aromatic carbocycles. The molecule has 8 nitrogen and oxygen atoms in total. The first-order chi connectivity index (χ1) is 18.3. The lowest BCUT2D eigenvalue weighted by molar-refractivity contribution is -0.402. The van der Waals surface area contributed by atoms with Crippen LogP contribution < -0.4 is 5.32 Å². The van der Waals surface area contributed by atoms with Crippen molar-refractivity contribution in [2.75, 3.05) is 18.7 Å². The molecule has 1 heterocycles. The summed E-state index contributed by atoms with van der Waals surface area (Å²) in [5.41, 5.74) is 7.04. The summed E-state index contributed by atoms with van der Waals surface area (Å²) in [6, 6.07) is 19.5. The van der Waals surface area contributed by atoms with E-state index in [4.69, 9.17) is 9.72 Å². The van der Waals surface area contributed by atoms with Gasteiger partial charge in [0.25, 0.3) is 6.20 Å². The Labute approximate surface area is 225 Å². The largest absolute Gasteiger partial charge is 0.465 e. The Kier molecular flexibility index (Phi) is 8.48. The Hall–Kier alpha value is -4.11. The second-order valence-electron chi connectivity index (χ2n) is 8.87. The topological polar surface area (TPSA) is 99.3 Å². The molecule has 196 valence electrons. The number of hydrogen-bond donors (Lipinski definition) is 1. The van der Waals surface area contributed by atoms with E-state index in [-0.39, 0.29) is 5.97 Å². The van der Waals surface area contributed by atoms with Crippen molar-refractivity contribution in [2.45, 2.75) is 33.2 Å². The third-order valence-corrected chi connectivity index (χ3v) is 6.89. The molecule has 4 rings (SSSR count). The number of benzene rings is 3. The van der Waals surface area contributed by atoms with Gasteiger partial charge in [0.05, 0.1) is 28.6 Å². The van der Waals surface area contributed by atoms with Crippen LogP contribution in [0.5, 0.6) is 0 Å². The van der Waals surface area contributed by atoms with Crippen LogP contribution in [0.2, 0.25) is 0 Å². The maximum Gasteiger partial charge on any atom is 0.338 e. The van der Waals surface area contributed by atoms with Gasteiger partial charge in [-0.25, -0.2) is 9.78 Å². The average molecular weight is 531 g/mol. The van der Waals surface area contributed by atoms with Crippen LogP contribution in [-0.4, -0.2) is 33.8 Å². The maximum atomic E-state index is 12.2. The van der Waals surface area contributed by atoms with E-state index in [9.17, 15) is 14.9 Å². The van der Waals surface area contributed by atoms with E-state index in [1.807, 2.05) is 49.4 Å². The molecule has 0 saturated carbocycles. The van der Waals surface area contributed by atoms with Gasteiger partial charge in [0.2, 0.25) is 0 Å². The second kappa shape index (κ2) is 12.0. The number of esters is 1. The van der Waals surface area contributed by atoms with Crippen LogP contribution in [0.25, 0.3) is 22.2 Å². The SMILES string of the molecule is CCCc1nc2c(C)cc(NC(=C[N+](=O)[O-])SC)cc2n1Cc1ccc(-c2ccccc2C(=O)OC)cc1. The van der Waals surface area contributed by atoms with Gasteiger partial charge in [-0.15, -0.1) is 11.8 Å². The molecule has 0 spiro atoms. The number of methoxy groups -OCH3 is 1. The first kappa shape index (κ1) is 26.9. The summed E-state index contributed by atoms with van der Waals surface area (Å²) in [6.07, 6.45) is 4.56. The fraction of sp³-hybridized carbons (Fsp3) is 0.241. The number of carbonyl (C=O) groups excluding carboxylic acids is 1. The molecule has 0 aliphatic carbocycles. The van der Waals surface area contributed by atoms with E-state index < -0.39 is 4.92 Å². The number of hydrogen-bond acceptors (Lipinski definition) is 7. The quantitative estimate of drug-likeness (QED) is 0.139. The maximum absolute atomic E-state index is 12.2. The van der Waals surface area contributed by atoms with Crippen molar-refractivity contribution >= 4 is 34.5 Å². The zero-order valence-electron chi connectivity index (χ0n) is 21.9. The zero-order valence-corrected chi connectivity index (χ0v) is 22.7. The molecule has 1 aromatic heterocycles. The van der Waals surface area contributed by atoms with Crippen molar-refractivity contribution in [2.24, 2.45) is 0 Å². The highest BCUT2D eigenvalue weighted by atomic mass is 32.2. The standard InChI is InChI=1S/C29H30N4O4S/c1-5-8-26-31-28-19(2)15-22(30-27(38-4)18-33(35)36)16-25(28)32(26)17-20-11-13-21(14-12-20)23-9-6-7-10-24(23)29(34)37-3/h6-7,9-16,18,30H,5,8,17H2,1-4H3. The van der Waals surface area contributed by atoms with Crippen molar-refractivity contribution in [3.8, 4) is 11.1 Å². The first-order valence-electron chi connectivity index (χ1n) is 12.3. The third-order valence-electron chi connectivity index (χ3n) is 6.25. The van der Waals surface area contributed by atoms with Crippen LogP contribution in [0.3, 0.4) is 0 Å². The van der Waals surface area contributed by atoms with Crippen LogP contribution in [0.1, 0.15) is 40.7 Å². The smallest absolute Gasteiger partial charge is 0.338 e. The summed E-state index contributed by atoms with van der Waals surface area (Å²) in [7, 11) is 1.38. The number of aromatic nitrogens is 2. The number of nitrogens with one attached hydrogen (secondary N) is 1. The van der Waals surface area contributed by atoms with Crippen molar-refractivity contribution in [3.63, 3.8) is 0 Å². The molecule has 0 amide bonds. The lowest BCUT2D eigenvalue weighted by Crippen LogP contribution is -2.06. The molecule has 0 radical (unpaired) electrons. The predicted molar refractivity (Wildman–Crippen MR) is 153 cm³/mol. The van der Waals surface area contributed by atoms with Gasteiger partial charge in [0, 0.05) is 18.7 Å². The second-order valence-corrected chi connectivity index (χ2v) is 9.72. The third kappa shape index (κ3) is 5.89. The van der Waals surface area contributed by atoms with E-state index in [0.717, 1.165) is 63.8 Å². The molecule has 9 heteroatoms. The number of thioether (sulfide) groups is 1. The minimum atomic E-state index is -0.457. The van der Waals surface area contributed by atoms with Gasteiger partial charge < -0.3 is 14.6 Å². The number of nitrogens with zero attached hydrogens (tertiary/aromatic N) is 3. The molecule has 0 aliphatic rings. The first-order valence-corrected chi connectivity index (χ1v) is 13.5. The lowest BCUT2D eigenvalue weighted by atomic mass is 9.98. The van der Waals surface area contributed by atoms with E-state index in [1.54, 1.807) is 12.3 Å². The number of anilines is 1. The van der Waals surface area contributed by atoms with Crippen LogP contribution in [0.4, 0.5) is 5.69 Å². The summed E-state index contributed by atoms with van der Waals surface area (Å²) in [5, 5.41) is 14.6. The summed E-state index contributed by atoms with van der Waals surface area (Å²) < 4.78 is 7.16. The molecule has 38 heavy (non-hydrogen) atoms. The van der Waals surface area contributed by atoms with Gasteiger partial charge in [0.1, 0.15) is 10.9 Å². The van der Waals surface area contributed by atoms with Gasteiger partial charge in [-0.2, -0.15) is 0 Å². The van der Waals surface area contributed by atoms with E-state index in [0.29, 0.717) is 17.1 Å². The van der Waals surface area contributed by atoms with Gasteiger partial charge in [-0.05, 0) is 60.1 Å². The van der Waals surface area contributed by atoms with Crippen molar-refractivity contribution < 1.29 is 14.5 Å². The van der Waals surface area contributed by atoms with E-state index >= 15 is 0 Å². The van der Waals surface area contributed by atoms with Gasteiger partial charge in [0.15, 0.2) is 0 Å². The number of aryl methyl sites for hydroxylation is 2. The van der Waals surface area contributed by atoms with Crippen molar-refractivity contribution in [1.29, 1.82) is 0 Å². The predicted octanol–water partition coefficient (Wildman–Crippen LogP) is 6.65. The molecule has 0 saturated heterocycles. The Balaban J connectivity index is 1.71. The van der Waals surface area contributed by atoms with Crippen molar-refractivity contribution in [1.82, 2.24) is 9.55 Å². The van der Waals surface area contributed by atoms with Crippen LogP contribution in [-0.2, 0) is 17.7 Å². The number of ether oxygens (including phenoxy) is 1. The Morgan fingerprint density at radius 2 is 1.92 bits per heavy atom. The lowest BCUT2D eigenvalue weighted by Gasteiger charge is -2.13. The highest BCUT2D eigenvalue weighted by Gasteiger charge is 2.16. The zero-order chi connectivity index (χ0) is 27.2. The molecule has 0 atom stereocenters. The summed E-state index contributed by atoms with van der Waals surface area (Å²) in [5.74, 6) is 0.630. The summed E-state index contributed by atoms with van der Waals surface area (Å²) in [4.78, 5) is 27.7. The minimum absolute atomic E-state index is 0.365. The molecule has 0 bridgehead atoms. The number of carbonyl (C=O) groups is 1. The number of nitro groups is 1. The summed E-state index contributed by atoms with van der Waals surface area (Å²) in [6.45, 7) is 4.75. The number of rotatable bonds is 10. The van der Waals surface area contributed by atoms with Crippen LogP contribution in [0, 0.1) is 17.0 Å². The average Bonchev–Trinajstić information content (AvgIpc) is 3.25. The fourth-order valence-corrected chi connectivity index (χ4v) is 4.88. The molecular weight excluding hydrogens is 500 g/mol. The highest BCUT2D eigenvalue weighted by molar-refractivity contribution is 8.02. The van der Waals surface area contributed by atoms with Crippen molar-refractivity contribution in [3.05, 3.63) is 105 Å². The van der Waals surface area contributed by atoms with Gasteiger partial charge >= 0.3 is 5.97 Å². The Morgan fingerprint density at radius 1 is 1.18 bits per heavy atom. The fourth-order valence-electron chi connectivity index (χ4n) is 4.47. The minimum Gasteiger partial charge on any atom is -0.465 e. The molecular formula is C29H30N4O4S. The normalized spacial score (nSPS) is 11.5. The molecule has 0 aliphatic heterocycles. The van der Waals surface area contributed by atoms with Crippen LogP contribution >= 0.6 is 11.8 Å². The Morgan fingerprint density at radius 3 is 2.58 bits per heavy atom. The van der Waals surface area contributed by atoms with Crippen LogP contribution in [0.15, 0.2) is 71.9 Å². The molecule has 4 aromatic rings. The van der Waals surface area contributed by atoms with Gasteiger partial charge in [-0.3, -0.25) is 10.1 Å². The molecule has 0 fully saturated rings. The number of fused-ring (bicyclic) bond motifs is 1.